The number of hydrogen-bond acceptors (Lipinski definition) is 2. The van der Waals surface area contributed by atoms with Crippen LogP contribution in [0.15, 0.2) is 48.5 Å². The first kappa shape index (κ1) is 17.0. The molecule has 3 rings (SSSR count). The fraction of sp³-hybridized carbons (Fsp3) is 0.350. The second-order valence-corrected chi connectivity index (χ2v) is 7.26. The van der Waals surface area contributed by atoms with Gasteiger partial charge in [-0.05, 0) is 55.8 Å². The summed E-state index contributed by atoms with van der Waals surface area (Å²) < 4.78 is 0. The van der Waals surface area contributed by atoms with E-state index in [9.17, 15) is 4.79 Å². The lowest BCUT2D eigenvalue weighted by atomic mass is 9.95. The minimum absolute atomic E-state index is 0.113. The standard InChI is InChI=1S/C20H23ClN2O/c1-23(2)14-16-5-3-15(4-6-16)13-22-19(24)20(11-12-20)17-7-9-18(21)10-8-17/h3-10H,11-14H2,1-2H3,(H,22,24). The van der Waals surface area contributed by atoms with Crippen LogP contribution >= 0.6 is 11.6 Å². The fourth-order valence-electron chi connectivity index (χ4n) is 3.02. The maximum Gasteiger partial charge on any atom is 0.230 e. The Hall–Kier alpha value is -1.84. The number of hydrogen-bond donors (Lipinski definition) is 1. The number of carbonyl (C=O) groups is 1. The van der Waals surface area contributed by atoms with Gasteiger partial charge in [0.2, 0.25) is 5.91 Å². The summed E-state index contributed by atoms with van der Waals surface area (Å²) in [5.41, 5.74) is 3.11. The quantitative estimate of drug-likeness (QED) is 0.867. The third-order valence-corrected chi connectivity index (χ3v) is 4.81. The van der Waals surface area contributed by atoms with E-state index in [1.54, 1.807) is 0 Å². The summed E-state index contributed by atoms with van der Waals surface area (Å²) in [7, 11) is 4.11. The molecule has 2 aromatic rings. The second-order valence-electron chi connectivity index (χ2n) is 6.83. The highest BCUT2D eigenvalue weighted by Crippen LogP contribution is 2.48. The van der Waals surface area contributed by atoms with Crippen molar-refractivity contribution in [3.63, 3.8) is 0 Å². The van der Waals surface area contributed by atoms with E-state index in [1.807, 2.05) is 24.3 Å². The summed E-state index contributed by atoms with van der Waals surface area (Å²) in [6, 6.07) is 16.0. The van der Waals surface area contributed by atoms with Crippen LogP contribution in [0.1, 0.15) is 29.5 Å². The van der Waals surface area contributed by atoms with E-state index in [-0.39, 0.29) is 11.3 Å². The summed E-state index contributed by atoms with van der Waals surface area (Å²) in [4.78, 5) is 14.8. The molecule has 0 spiro atoms. The third-order valence-electron chi connectivity index (χ3n) is 4.56. The number of rotatable bonds is 6. The van der Waals surface area contributed by atoms with Crippen molar-refractivity contribution >= 4 is 17.5 Å². The van der Waals surface area contributed by atoms with Crippen LogP contribution in [0.3, 0.4) is 0 Å². The molecule has 0 unspecified atom stereocenters. The minimum Gasteiger partial charge on any atom is -0.351 e. The lowest BCUT2D eigenvalue weighted by Gasteiger charge is -2.16. The van der Waals surface area contributed by atoms with Gasteiger partial charge >= 0.3 is 0 Å². The maximum absolute atomic E-state index is 12.6. The highest BCUT2D eigenvalue weighted by molar-refractivity contribution is 6.30. The summed E-state index contributed by atoms with van der Waals surface area (Å²) in [6.45, 7) is 1.49. The highest BCUT2D eigenvalue weighted by atomic mass is 35.5. The van der Waals surface area contributed by atoms with E-state index in [0.29, 0.717) is 11.6 Å². The lowest BCUT2D eigenvalue weighted by Crippen LogP contribution is -2.34. The van der Waals surface area contributed by atoms with Crippen LogP contribution in [0.5, 0.6) is 0 Å². The SMILES string of the molecule is CN(C)Cc1ccc(CNC(=O)C2(c3ccc(Cl)cc3)CC2)cc1. The summed E-state index contributed by atoms with van der Waals surface area (Å²) in [5, 5.41) is 3.79. The fourth-order valence-corrected chi connectivity index (χ4v) is 3.15. The molecular weight excluding hydrogens is 320 g/mol. The Kier molecular flexibility index (Phi) is 4.93. The van der Waals surface area contributed by atoms with Gasteiger partial charge in [-0.15, -0.1) is 0 Å². The van der Waals surface area contributed by atoms with Crippen molar-refractivity contribution in [2.45, 2.75) is 31.3 Å². The Balaban J connectivity index is 1.60. The first-order valence-electron chi connectivity index (χ1n) is 8.26. The molecule has 0 aliphatic heterocycles. The van der Waals surface area contributed by atoms with Gasteiger partial charge in [0.05, 0.1) is 5.41 Å². The van der Waals surface area contributed by atoms with Gasteiger partial charge in [-0.3, -0.25) is 4.79 Å². The molecule has 4 heteroatoms. The number of nitrogens with zero attached hydrogens (tertiary/aromatic N) is 1. The Morgan fingerprint density at radius 1 is 1.04 bits per heavy atom. The summed E-state index contributed by atoms with van der Waals surface area (Å²) in [6.07, 6.45) is 1.81. The van der Waals surface area contributed by atoms with Gasteiger partial charge in [0.1, 0.15) is 0 Å². The van der Waals surface area contributed by atoms with Crippen LogP contribution in [-0.2, 0) is 23.3 Å². The zero-order valence-electron chi connectivity index (χ0n) is 14.2. The predicted molar refractivity (Wildman–Crippen MR) is 98.0 cm³/mol. The van der Waals surface area contributed by atoms with Crippen LogP contribution in [0.2, 0.25) is 5.02 Å². The van der Waals surface area contributed by atoms with Crippen molar-refractivity contribution < 1.29 is 4.79 Å². The van der Waals surface area contributed by atoms with E-state index in [0.717, 1.165) is 30.5 Å². The van der Waals surface area contributed by atoms with Crippen molar-refractivity contribution in [2.24, 2.45) is 0 Å². The van der Waals surface area contributed by atoms with Crippen LogP contribution in [0.25, 0.3) is 0 Å². The van der Waals surface area contributed by atoms with E-state index in [4.69, 9.17) is 11.6 Å². The van der Waals surface area contributed by atoms with Crippen molar-refractivity contribution in [3.05, 3.63) is 70.2 Å². The van der Waals surface area contributed by atoms with Crippen molar-refractivity contribution in [1.29, 1.82) is 0 Å². The molecule has 0 saturated heterocycles. The van der Waals surface area contributed by atoms with Crippen LogP contribution in [-0.4, -0.2) is 24.9 Å². The van der Waals surface area contributed by atoms with Gasteiger partial charge < -0.3 is 10.2 Å². The number of benzene rings is 2. The van der Waals surface area contributed by atoms with E-state index < -0.39 is 0 Å². The van der Waals surface area contributed by atoms with E-state index in [1.165, 1.54) is 5.56 Å². The van der Waals surface area contributed by atoms with Gasteiger partial charge in [-0.25, -0.2) is 0 Å². The molecule has 0 aromatic heterocycles. The average molecular weight is 343 g/mol. The van der Waals surface area contributed by atoms with E-state index in [2.05, 4.69) is 48.6 Å². The smallest absolute Gasteiger partial charge is 0.230 e. The maximum atomic E-state index is 12.6. The molecule has 0 atom stereocenters. The first-order chi connectivity index (χ1) is 11.5. The van der Waals surface area contributed by atoms with Gasteiger partial charge in [-0.1, -0.05) is 48.0 Å². The van der Waals surface area contributed by atoms with Gasteiger partial charge in [0.15, 0.2) is 0 Å². The molecule has 2 aromatic carbocycles. The molecule has 0 heterocycles. The number of nitrogens with one attached hydrogen (secondary N) is 1. The molecular formula is C20H23ClN2O. The predicted octanol–water partition coefficient (Wildman–Crippen LogP) is 3.75. The Bertz CT molecular complexity index is 703. The van der Waals surface area contributed by atoms with Crippen molar-refractivity contribution in [2.75, 3.05) is 14.1 Å². The van der Waals surface area contributed by atoms with E-state index >= 15 is 0 Å². The zero-order chi connectivity index (χ0) is 17.2. The molecule has 1 fully saturated rings. The number of amides is 1. The lowest BCUT2D eigenvalue weighted by molar-refractivity contribution is -0.123. The molecule has 24 heavy (non-hydrogen) atoms. The van der Waals surface area contributed by atoms with Gasteiger partial charge in [-0.2, -0.15) is 0 Å². The number of halogens is 1. The van der Waals surface area contributed by atoms with Gasteiger partial charge in [0.25, 0.3) is 0 Å². The van der Waals surface area contributed by atoms with Crippen LogP contribution in [0.4, 0.5) is 0 Å². The molecule has 1 aliphatic rings. The molecule has 1 saturated carbocycles. The zero-order valence-corrected chi connectivity index (χ0v) is 14.9. The molecule has 1 N–H and O–H groups in total. The summed E-state index contributed by atoms with van der Waals surface area (Å²) >= 11 is 5.94. The normalized spacial score (nSPS) is 15.3. The Morgan fingerprint density at radius 3 is 2.17 bits per heavy atom. The average Bonchev–Trinajstić information content (AvgIpc) is 3.36. The number of carbonyl (C=O) groups excluding carboxylic acids is 1. The topological polar surface area (TPSA) is 32.3 Å². The molecule has 1 aliphatic carbocycles. The molecule has 126 valence electrons. The van der Waals surface area contributed by atoms with Crippen LogP contribution in [0, 0.1) is 0 Å². The molecule has 0 bridgehead atoms. The largest absolute Gasteiger partial charge is 0.351 e. The highest BCUT2D eigenvalue weighted by Gasteiger charge is 2.50. The molecule has 0 radical (unpaired) electrons. The molecule has 1 amide bonds. The van der Waals surface area contributed by atoms with Crippen LogP contribution < -0.4 is 5.32 Å². The first-order valence-corrected chi connectivity index (χ1v) is 8.64. The van der Waals surface area contributed by atoms with Crippen molar-refractivity contribution in [3.8, 4) is 0 Å². The molecule has 3 nitrogen and oxygen atoms in total. The monoisotopic (exact) mass is 342 g/mol. The third kappa shape index (κ3) is 3.80. The second kappa shape index (κ2) is 6.96. The Morgan fingerprint density at radius 2 is 1.62 bits per heavy atom. The summed E-state index contributed by atoms with van der Waals surface area (Å²) in [5.74, 6) is 0.113. The van der Waals surface area contributed by atoms with Gasteiger partial charge in [0, 0.05) is 18.1 Å². The van der Waals surface area contributed by atoms with Crippen molar-refractivity contribution in [1.82, 2.24) is 10.2 Å². The minimum atomic E-state index is -0.352. The Labute approximate surface area is 148 Å².